The number of para-hydroxylation sites is 3. The van der Waals surface area contributed by atoms with E-state index in [2.05, 4.69) is 132 Å². The zero-order chi connectivity index (χ0) is 29.9. The molecular formula is C42H23NO2S. The van der Waals surface area contributed by atoms with E-state index in [1.165, 1.54) is 42.0 Å². The summed E-state index contributed by atoms with van der Waals surface area (Å²) in [7, 11) is 0. The Labute approximate surface area is 266 Å². The molecule has 7 aromatic carbocycles. The Kier molecular flexibility index (Phi) is 4.72. The summed E-state index contributed by atoms with van der Waals surface area (Å²) in [6.45, 7) is 0. The van der Waals surface area contributed by atoms with Gasteiger partial charge in [-0.25, -0.2) is 0 Å². The van der Waals surface area contributed by atoms with Gasteiger partial charge in [0.2, 0.25) is 0 Å². The Bertz CT molecular complexity index is 3040. The number of hydrogen-bond acceptors (Lipinski definition) is 3. The van der Waals surface area contributed by atoms with Gasteiger partial charge in [0, 0.05) is 52.5 Å². The van der Waals surface area contributed by atoms with Crippen molar-refractivity contribution in [3.63, 3.8) is 0 Å². The number of fused-ring (bicyclic) bond motifs is 12. The van der Waals surface area contributed by atoms with Crippen molar-refractivity contribution in [3.05, 3.63) is 140 Å². The Balaban J connectivity index is 1.18. The molecule has 0 unspecified atom stereocenters. The molecule has 0 radical (unpaired) electrons. The van der Waals surface area contributed by atoms with Crippen molar-refractivity contribution in [2.45, 2.75) is 0 Å². The number of rotatable bonds is 2. The molecule has 3 nitrogen and oxygen atoms in total. The maximum absolute atomic E-state index is 6.74. The summed E-state index contributed by atoms with van der Waals surface area (Å²) < 4.78 is 17.9. The normalized spacial score (nSPS) is 12.3. The molecule has 0 spiro atoms. The molecule has 4 heteroatoms. The molecule has 11 rings (SSSR count). The quantitative estimate of drug-likeness (QED) is 0.196. The SMILES string of the molecule is c1ccc2c(c1)oc1cccc(-c3ccc4oc5c(-n6c7ccccc7c7cc8c(cc76)sc6ccccc68)cccc5c4c3)c12. The standard InChI is InChI=1S/C42H23NO2S/c1-4-14-33-26(9-1)30-22-32-27-10-3-6-18-39(27)46-40(32)23-35(30)43(33)34-15-7-13-28-31-21-24(19-20-37(31)45-42(28)34)25-12-8-17-38-41(25)29-11-2-5-16-36(29)44-38/h1-23H. The summed E-state index contributed by atoms with van der Waals surface area (Å²) in [6.07, 6.45) is 0. The van der Waals surface area contributed by atoms with Gasteiger partial charge < -0.3 is 13.4 Å². The van der Waals surface area contributed by atoms with Crippen LogP contribution in [-0.2, 0) is 0 Å². The average Bonchev–Trinajstić information content (AvgIpc) is 3.85. The fourth-order valence-corrected chi connectivity index (χ4v) is 8.71. The lowest BCUT2D eigenvalue weighted by atomic mass is 9.98. The third-order valence-corrected chi connectivity index (χ3v) is 10.7. The van der Waals surface area contributed by atoms with Gasteiger partial charge in [0.15, 0.2) is 5.58 Å². The fourth-order valence-electron chi connectivity index (χ4n) is 7.59. The van der Waals surface area contributed by atoms with Crippen molar-refractivity contribution >= 4 is 97.2 Å². The van der Waals surface area contributed by atoms with Crippen LogP contribution in [0.1, 0.15) is 0 Å². The number of benzene rings is 7. The van der Waals surface area contributed by atoms with Gasteiger partial charge in [0.05, 0.1) is 16.7 Å². The highest BCUT2D eigenvalue weighted by molar-refractivity contribution is 7.25. The van der Waals surface area contributed by atoms with E-state index >= 15 is 0 Å². The first kappa shape index (κ1) is 24.5. The van der Waals surface area contributed by atoms with E-state index in [4.69, 9.17) is 8.83 Å². The highest BCUT2D eigenvalue weighted by Gasteiger charge is 2.20. The van der Waals surface area contributed by atoms with Gasteiger partial charge in [-0.2, -0.15) is 0 Å². The molecule has 11 aromatic rings. The Morgan fingerprint density at radius 1 is 0.435 bits per heavy atom. The summed E-state index contributed by atoms with van der Waals surface area (Å²) in [5.74, 6) is 0. The summed E-state index contributed by atoms with van der Waals surface area (Å²) in [6, 6.07) is 49.8. The van der Waals surface area contributed by atoms with Gasteiger partial charge in [-0.15, -0.1) is 11.3 Å². The van der Waals surface area contributed by atoms with Gasteiger partial charge in [0.25, 0.3) is 0 Å². The zero-order valence-electron chi connectivity index (χ0n) is 24.5. The first-order valence-electron chi connectivity index (χ1n) is 15.5. The molecule has 0 saturated carbocycles. The largest absolute Gasteiger partial charge is 0.456 e. The lowest BCUT2D eigenvalue weighted by Crippen LogP contribution is -1.94. The molecule has 46 heavy (non-hydrogen) atoms. The minimum Gasteiger partial charge on any atom is -0.456 e. The van der Waals surface area contributed by atoms with Crippen LogP contribution in [0.5, 0.6) is 0 Å². The number of furan rings is 2. The third kappa shape index (κ3) is 3.21. The van der Waals surface area contributed by atoms with E-state index in [0.717, 1.165) is 60.7 Å². The van der Waals surface area contributed by atoms with Crippen LogP contribution in [0.4, 0.5) is 0 Å². The lowest BCUT2D eigenvalue weighted by molar-refractivity contribution is 0.666. The van der Waals surface area contributed by atoms with Gasteiger partial charge in [0.1, 0.15) is 16.7 Å². The van der Waals surface area contributed by atoms with Crippen LogP contribution in [-0.4, -0.2) is 4.57 Å². The van der Waals surface area contributed by atoms with Crippen molar-refractivity contribution in [3.8, 4) is 16.8 Å². The molecule has 0 N–H and O–H groups in total. The molecule has 0 saturated heterocycles. The van der Waals surface area contributed by atoms with Crippen molar-refractivity contribution < 1.29 is 8.83 Å². The van der Waals surface area contributed by atoms with Crippen molar-refractivity contribution in [1.29, 1.82) is 0 Å². The van der Waals surface area contributed by atoms with E-state index in [1.807, 2.05) is 23.5 Å². The predicted octanol–water partition coefficient (Wildman–Crippen LogP) is 12.6. The highest BCUT2D eigenvalue weighted by Crippen LogP contribution is 2.43. The minimum absolute atomic E-state index is 0.878. The van der Waals surface area contributed by atoms with E-state index in [0.29, 0.717) is 0 Å². The van der Waals surface area contributed by atoms with Crippen molar-refractivity contribution in [2.24, 2.45) is 0 Å². The number of thiophene rings is 1. The van der Waals surface area contributed by atoms with Gasteiger partial charge in [-0.1, -0.05) is 84.9 Å². The summed E-state index contributed by atoms with van der Waals surface area (Å²) in [5.41, 5.74) is 9.28. The highest BCUT2D eigenvalue weighted by atomic mass is 32.1. The van der Waals surface area contributed by atoms with Crippen molar-refractivity contribution in [1.82, 2.24) is 4.57 Å². The lowest BCUT2D eigenvalue weighted by Gasteiger charge is -2.08. The number of aromatic nitrogens is 1. The Hall–Kier alpha value is -5.84. The topological polar surface area (TPSA) is 31.2 Å². The molecule has 0 bridgehead atoms. The van der Waals surface area contributed by atoms with Crippen LogP contribution in [0.3, 0.4) is 0 Å². The second-order valence-corrected chi connectivity index (χ2v) is 13.1. The predicted molar refractivity (Wildman–Crippen MR) is 194 cm³/mol. The maximum Gasteiger partial charge on any atom is 0.159 e. The number of hydrogen-bond donors (Lipinski definition) is 0. The summed E-state index contributed by atoms with van der Waals surface area (Å²) >= 11 is 1.86. The van der Waals surface area contributed by atoms with Crippen LogP contribution in [0.2, 0.25) is 0 Å². The van der Waals surface area contributed by atoms with E-state index in [-0.39, 0.29) is 0 Å². The molecule has 214 valence electrons. The summed E-state index contributed by atoms with van der Waals surface area (Å²) in [5, 5.41) is 9.60. The molecule has 4 heterocycles. The van der Waals surface area contributed by atoms with Crippen LogP contribution in [0, 0.1) is 0 Å². The van der Waals surface area contributed by atoms with E-state index in [1.54, 1.807) is 0 Å². The van der Waals surface area contributed by atoms with Crippen LogP contribution >= 0.6 is 11.3 Å². The van der Waals surface area contributed by atoms with Gasteiger partial charge >= 0.3 is 0 Å². The molecule has 0 aliphatic rings. The van der Waals surface area contributed by atoms with Gasteiger partial charge in [-0.3, -0.25) is 0 Å². The van der Waals surface area contributed by atoms with E-state index in [9.17, 15) is 0 Å². The van der Waals surface area contributed by atoms with E-state index < -0.39 is 0 Å². The maximum atomic E-state index is 6.74. The average molecular weight is 606 g/mol. The fraction of sp³-hybridized carbons (Fsp3) is 0. The molecule has 0 atom stereocenters. The molecule has 0 fully saturated rings. The molecule has 4 aromatic heterocycles. The minimum atomic E-state index is 0.878. The van der Waals surface area contributed by atoms with Crippen LogP contribution in [0.25, 0.3) is 103 Å². The second-order valence-electron chi connectivity index (χ2n) is 12.1. The first-order valence-corrected chi connectivity index (χ1v) is 16.3. The van der Waals surface area contributed by atoms with Crippen LogP contribution in [0.15, 0.2) is 148 Å². The second kappa shape index (κ2) is 8.87. The molecule has 0 aliphatic heterocycles. The van der Waals surface area contributed by atoms with Gasteiger partial charge in [-0.05, 0) is 65.7 Å². The molecule has 0 aliphatic carbocycles. The third-order valence-electron chi connectivity index (χ3n) is 9.60. The summed E-state index contributed by atoms with van der Waals surface area (Å²) in [4.78, 5) is 0. The Morgan fingerprint density at radius 2 is 1.20 bits per heavy atom. The zero-order valence-corrected chi connectivity index (χ0v) is 25.3. The first-order chi connectivity index (χ1) is 22.8. The molecule has 0 amide bonds. The number of nitrogens with zero attached hydrogens (tertiary/aromatic N) is 1. The van der Waals surface area contributed by atoms with Crippen LogP contribution < -0.4 is 0 Å². The monoisotopic (exact) mass is 605 g/mol. The van der Waals surface area contributed by atoms with Crippen molar-refractivity contribution in [2.75, 3.05) is 0 Å². The molecular weight excluding hydrogens is 583 g/mol. The Morgan fingerprint density at radius 3 is 2.15 bits per heavy atom. The smallest absolute Gasteiger partial charge is 0.159 e.